The highest BCUT2D eigenvalue weighted by atomic mass is 17.2. The molecule has 0 aromatic rings. The molecular formula is C7H16NO4+. The van der Waals surface area contributed by atoms with Crippen molar-refractivity contribution in [3.63, 3.8) is 0 Å². The average molecular weight is 178 g/mol. The molecule has 0 aromatic carbocycles. The highest BCUT2D eigenvalue weighted by Crippen LogP contribution is 1.95. The van der Waals surface area contributed by atoms with Gasteiger partial charge in [0.25, 0.3) is 0 Å². The van der Waals surface area contributed by atoms with Gasteiger partial charge in [-0.1, -0.05) is 0 Å². The maximum absolute atomic E-state index is 10.7. The summed E-state index contributed by atoms with van der Waals surface area (Å²) in [4.78, 5) is 19.7. The molecule has 0 unspecified atom stereocenters. The normalized spacial score (nSPS) is 12.6. The average Bonchev–Trinajstić information content (AvgIpc) is 2.10. The first-order chi connectivity index (χ1) is 5.70. The quantitative estimate of drug-likeness (QED) is 0.326. The zero-order valence-electron chi connectivity index (χ0n) is 7.54. The maximum atomic E-state index is 10.7. The summed E-state index contributed by atoms with van der Waals surface area (Å²) in [5, 5.41) is 0. The largest absolute Gasteiger partial charge is 0.469 e. The van der Waals surface area contributed by atoms with Gasteiger partial charge in [-0.2, -0.15) is 0 Å². The molecule has 0 saturated heterocycles. The highest BCUT2D eigenvalue weighted by Gasteiger charge is 2.09. The molecule has 0 heterocycles. The Morgan fingerprint density at radius 2 is 2.17 bits per heavy atom. The van der Waals surface area contributed by atoms with E-state index in [2.05, 4.69) is 20.2 Å². The van der Waals surface area contributed by atoms with Gasteiger partial charge in [0, 0.05) is 6.42 Å². The minimum absolute atomic E-state index is 0.0593. The molecular weight excluding hydrogens is 162 g/mol. The molecule has 0 spiro atoms. The van der Waals surface area contributed by atoms with Crippen LogP contribution in [0.15, 0.2) is 0 Å². The fourth-order valence-electron chi connectivity index (χ4n) is 0.672. The second-order valence-corrected chi connectivity index (χ2v) is 2.43. The molecule has 0 rings (SSSR count). The molecule has 0 aliphatic rings. The smallest absolute Gasteiger partial charge is 0.305 e. The number of methoxy groups -OCH3 is 1. The van der Waals surface area contributed by atoms with Crippen molar-refractivity contribution in [3.8, 4) is 0 Å². The lowest BCUT2D eigenvalue weighted by molar-refractivity contribution is -0.447. The van der Waals surface area contributed by atoms with Crippen LogP contribution in [0.2, 0.25) is 0 Å². The van der Waals surface area contributed by atoms with E-state index in [-0.39, 0.29) is 12.0 Å². The van der Waals surface area contributed by atoms with Gasteiger partial charge in [-0.05, 0) is 0 Å². The Hall–Kier alpha value is -0.650. The Balaban J connectivity index is 3.30. The fraction of sp³-hybridized carbons (Fsp3) is 0.857. The maximum Gasteiger partial charge on any atom is 0.305 e. The Kier molecular flexibility index (Phi) is 6.64. The van der Waals surface area contributed by atoms with E-state index >= 15 is 0 Å². The molecule has 0 amide bonds. The minimum Gasteiger partial charge on any atom is -0.469 e. The molecule has 5 nitrogen and oxygen atoms in total. The van der Waals surface area contributed by atoms with Gasteiger partial charge in [0.1, 0.15) is 12.6 Å². The molecule has 0 aliphatic carbocycles. The first kappa shape index (κ1) is 11.4. The Bertz CT molecular complexity index is 129. The number of ether oxygens (including phenoxy) is 1. The van der Waals surface area contributed by atoms with E-state index in [0.717, 1.165) is 0 Å². The summed E-state index contributed by atoms with van der Waals surface area (Å²) in [6.45, 7) is 0.396. The molecule has 0 saturated carbocycles. The summed E-state index contributed by atoms with van der Waals surface area (Å²) in [5.74, 6) is -0.221. The molecule has 5 heteroatoms. The number of rotatable bonds is 6. The number of esters is 1. The van der Waals surface area contributed by atoms with Crippen LogP contribution in [0, 0.1) is 0 Å². The molecule has 0 bridgehead atoms. The van der Waals surface area contributed by atoms with Gasteiger partial charge in [0.2, 0.25) is 0 Å². The predicted molar refractivity (Wildman–Crippen MR) is 40.9 cm³/mol. The van der Waals surface area contributed by atoms with Crippen LogP contribution >= 0.6 is 0 Å². The first-order valence-electron chi connectivity index (χ1n) is 3.76. The van der Waals surface area contributed by atoms with E-state index in [1.54, 1.807) is 0 Å². The van der Waals surface area contributed by atoms with Crippen LogP contribution in [-0.2, 0) is 19.3 Å². The van der Waals surface area contributed by atoms with E-state index in [1.165, 1.54) is 14.2 Å². The molecule has 1 atom stereocenters. The van der Waals surface area contributed by atoms with Crippen LogP contribution in [0.5, 0.6) is 0 Å². The van der Waals surface area contributed by atoms with Crippen molar-refractivity contribution < 1.29 is 25.0 Å². The third-order valence-corrected chi connectivity index (χ3v) is 1.41. The van der Waals surface area contributed by atoms with Gasteiger partial charge in [-0.25, -0.2) is 9.78 Å². The van der Waals surface area contributed by atoms with Crippen molar-refractivity contribution >= 4 is 5.97 Å². The molecule has 0 aromatic heterocycles. The summed E-state index contributed by atoms with van der Waals surface area (Å²) in [7, 11) is 2.80. The Labute approximate surface area is 71.7 Å². The lowest BCUT2D eigenvalue weighted by Gasteiger charge is -2.05. The standard InChI is InChI=1S/C7H15NO4/c1-10-7(9)4-3-6(8)5-12-11-2/h6H,3-5,8H2,1-2H3/p+1/t6-/m0/s1. The lowest BCUT2D eigenvalue weighted by atomic mass is 10.2. The third kappa shape index (κ3) is 6.09. The second kappa shape index (κ2) is 7.02. The van der Waals surface area contributed by atoms with Gasteiger partial charge in [0.05, 0.1) is 20.6 Å². The van der Waals surface area contributed by atoms with Crippen LogP contribution in [0.4, 0.5) is 0 Å². The van der Waals surface area contributed by atoms with E-state index < -0.39 is 0 Å². The van der Waals surface area contributed by atoms with Gasteiger partial charge in [-0.3, -0.25) is 4.79 Å². The Morgan fingerprint density at radius 1 is 1.50 bits per heavy atom. The highest BCUT2D eigenvalue weighted by molar-refractivity contribution is 5.69. The van der Waals surface area contributed by atoms with E-state index in [4.69, 9.17) is 0 Å². The van der Waals surface area contributed by atoms with Crippen LogP contribution in [-0.4, -0.2) is 32.8 Å². The fourth-order valence-corrected chi connectivity index (χ4v) is 0.672. The molecule has 72 valence electrons. The van der Waals surface area contributed by atoms with Crippen molar-refractivity contribution in [2.75, 3.05) is 20.8 Å². The van der Waals surface area contributed by atoms with E-state index in [9.17, 15) is 4.79 Å². The van der Waals surface area contributed by atoms with Gasteiger partial charge < -0.3 is 10.5 Å². The number of hydrogen-bond acceptors (Lipinski definition) is 4. The summed E-state index contributed by atoms with van der Waals surface area (Å²) in [6, 6.07) is 0.0593. The van der Waals surface area contributed by atoms with Gasteiger partial charge in [0.15, 0.2) is 0 Å². The number of quaternary nitrogens is 1. The molecule has 0 radical (unpaired) electrons. The van der Waals surface area contributed by atoms with Crippen molar-refractivity contribution in [2.45, 2.75) is 18.9 Å². The van der Waals surface area contributed by atoms with Crippen LogP contribution in [0.1, 0.15) is 12.8 Å². The van der Waals surface area contributed by atoms with Crippen molar-refractivity contribution in [1.82, 2.24) is 0 Å². The molecule has 0 fully saturated rings. The monoisotopic (exact) mass is 178 g/mol. The summed E-state index contributed by atoms with van der Waals surface area (Å²) in [6.07, 6.45) is 1.02. The number of hydrogen-bond donors (Lipinski definition) is 1. The van der Waals surface area contributed by atoms with E-state index in [1.807, 2.05) is 0 Å². The summed E-state index contributed by atoms with van der Waals surface area (Å²) >= 11 is 0. The first-order valence-corrected chi connectivity index (χ1v) is 3.76. The molecule has 12 heavy (non-hydrogen) atoms. The molecule has 0 aliphatic heterocycles. The van der Waals surface area contributed by atoms with Crippen LogP contribution in [0.25, 0.3) is 0 Å². The summed E-state index contributed by atoms with van der Waals surface area (Å²) in [5.41, 5.74) is 3.77. The third-order valence-electron chi connectivity index (χ3n) is 1.41. The number of carbonyl (C=O) groups excluding carboxylic acids is 1. The number of carbonyl (C=O) groups is 1. The SMILES string of the molecule is COOC[C@@H]([NH3+])CCC(=O)OC. The lowest BCUT2D eigenvalue weighted by Crippen LogP contribution is -2.63. The topological polar surface area (TPSA) is 72.4 Å². The zero-order valence-corrected chi connectivity index (χ0v) is 7.54. The van der Waals surface area contributed by atoms with Crippen molar-refractivity contribution in [3.05, 3.63) is 0 Å². The second-order valence-electron chi connectivity index (χ2n) is 2.43. The minimum atomic E-state index is -0.221. The zero-order chi connectivity index (χ0) is 9.40. The van der Waals surface area contributed by atoms with Crippen LogP contribution in [0.3, 0.4) is 0 Å². The van der Waals surface area contributed by atoms with Gasteiger partial charge in [-0.15, -0.1) is 0 Å². The van der Waals surface area contributed by atoms with E-state index in [0.29, 0.717) is 19.4 Å². The summed E-state index contributed by atoms with van der Waals surface area (Å²) < 4.78 is 4.47. The van der Waals surface area contributed by atoms with Crippen LogP contribution < -0.4 is 5.73 Å². The van der Waals surface area contributed by atoms with Crippen molar-refractivity contribution in [1.29, 1.82) is 0 Å². The van der Waals surface area contributed by atoms with Crippen molar-refractivity contribution in [2.24, 2.45) is 0 Å². The predicted octanol–water partition coefficient (Wildman–Crippen LogP) is -0.872. The van der Waals surface area contributed by atoms with Gasteiger partial charge >= 0.3 is 5.97 Å². The molecule has 3 N–H and O–H groups in total. The Morgan fingerprint density at radius 3 is 2.67 bits per heavy atom.